The minimum absolute atomic E-state index is 0.507. The predicted molar refractivity (Wildman–Crippen MR) is 93.1 cm³/mol. The molecule has 0 bridgehead atoms. The SMILES string of the molecule is C#Cc1ccc(C)cc1-c1ccc(OCc2ccccc2)nc1. The Balaban J connectivity index is 1.77. The summed E-state index contributed by atoms with van der Waals surface area (Å²) in [4.78, 5) is 4.38. The number of aryl methyl sites for hydroxylation is 1. The minimum Gasteiger partial charge on any atom is -0.473 e. The van der Waals surface area contributed by atoms with E-state index in [9.17, 15) is 0 Å². The molecule has 2 nitrogen and oxygen atoms in total. The summed E-state index contributed by atoms with van der Waals surface area (Å²) in [5.74, 6) is 3.33. The Morgan fingerprint density at radius 1 is 1.04 bits per heavy atom. The van der Waals surface area contributed by atoms with Crippen LogP contribution in [0, 0.1) is 19.3 Å². The van der Waals surface area contributed by atoms with Gasteiger partial charge in [-0.25, -0.2) is 4.98 Å². The van der Waals surface area contributed by atoms with Crippen molar-refractivity contribution in [2.24, 2.45) is 0 Å². The highest BCUT2D eigenvalue weighted by atomic mass is 16.5. The molecule has 23 heavy (non-hydrogen) atoms. The minimum atomic E-state index is 0.507. The fourth-order valence-corrected chi connectivity index (χ4v) is 2.38. The molecule has 0 N–H and O–H groups in total. The summed E-state index contributed by atoms with van der Waals surface area (Å²) in [6.07, 6.45) is 7.39. The van der Waals surface area contributed by atoms with Crippen LogP contribution >= 0.6 is 0 Å². The summed E-state index contributed by atoms with van der Waals surface area (Å²) in [5, 5.41) is 0. The van der Waals surface area contributed by atoms with Crippen molar-refractivity contribution >= 4 is 0 Å². The Bertz CT molecular complexity index is 830. The van der Waals surface area contributed by atoms with Gasteiger partial charge >= 0.3 is 0 Å². The molecule has 3 aromatic rings. The van der Waals surface area contributed by atoms with Crippen molar-refractivity contribution in [1.29, 1.82) is 0 Å². The Hall–Kier alpha value is -3.05. The number of terminal acetylenes is 1. The van der Waals surface area contributed by atoms with Crippen molar-refractivity contribution < 1.29 is 4.74 Å². The molecule has 2 aromatic carbocycles. The van der Waals surface area contributed by atoms with Gasteiger partial charge in [-0.1, -0.05) is 53.9 Å². The van der Waals surface area contributed by atoms with Crippen molar-refractivity contribution in [3.05, 3.63) is 83.6 Å². The van der Waals surface area contributed by atoms with Crippen LogP contribution in [0.4, 0.5) is 0 Å². The Kier molecular flexibility index (Phi) is 4.40. The van der Waals surface area contributed by atoms with E-state index in [-0.39, 0.29) is 0 Å². The number of pyridine rings is 1. The average molecular weight is 299 g/mol. The monoisotopic (exact) mass is 299 g/mol. The van der Waals surface area contributed by atoms with E-state index in [4.69, 9.17) is 11.2 Å². The maximum atomic E-state index is 5.71. The fourth-order valence-electron chi connectivity index (χ4n) is 2.38. The zero-order valence-electron chi connectivity index (χ0n) is 13.0. The van der Waals surface area contributed by atoms with E-state index in [1.165, 1.54) is 5.56 Å². The number of rotatable bonds is 4. The number of hydrogen-bond acceptors (Lipinski definition) is 2. The van der Waals surface area contributed by atoms with Crippen LogP contribution in [-0.2, 0) is 6.61 Å². The lowest BCUT2D eigenvalue weighted by molar-refractivity contribution is 0.294. The summed E-state index contributed by atoms with van der Waals surface area (Å²) in [7, 11) is 0. The summed E-state index contributed by atoms with van der Waals surface area (Å²) in [6.45, 7) is 2.56. The second-order valence-electron chi connectivity index (χ2n) is 5.35. The molecule has 0 amide bonds. The van der Waals surface area contributed by atoms with Gasteiger partial charge < -0.3 is 4.74 Å². The van der Waals surface area contributed by atoms with Crippen LogP contribution in [0.5, 0.6) is 5.88 Å². The third-order valence-electron chi connectivity index (χ3n) is 3.61. The first-order valence-corrected chi connectivity index (χ1v) is 7.46. The van der Waals surface area contributed by atoms with Crippen molar-refractivity contribution in [2.45, 2.75) is 13.5 Å². The number of aromatic nitrogens is 1. The van der Waals surface area contributed by atoms with Crippen molar-refractivity contribution in [1.82, 2.24) is 4.98 Å². The van der Waals surface area contributed by atoms with E-state index in [0.717, 1.165) is 22.3 Å². The zero-order valence-corrected chi connectivity index (χ0v) is 13.0. The molecule has 0 radical (unpaired) electrons. The summed E-state index contributed by atoms with van der Waals surface area (Å²) < 4.78 is 5.71. The lowest BCUT2D eigenvalue weighted by atomic mass is 9.99. The Morgan fingerprint density at radius 3 is 2.57 bits per heavy atom. The number of nitrogens with zero attached hydrogens (tertiary/aromatic N) is 1. The molecule has 0 saturated heterocycles. The summed E-state index contributed by atoms with van der Waals surface area (Å²) >= 11 is 0. The lowest BCUT2D eigenvalue weighted by Crippen LogP contribution is -1.97. The fraction of sp³-hybridized carbons (Fsp3) is 0.0952. The van der Waals surface area contributed by atoms with Gasteiger partial charge in [0.2, 0.25) is 5.88 Å². The number of benzene rings is 2. The second kappa shape index (κ2) is 6.81. The van der Waals surface area contributed by atoms with E-state index < -0.39 is 0 Å². The largest absolute Gasteiger partial charge is 0.473 e. The van der Waals surface area contributed by atoms with Gasteiger partial charge in [-0.15, -0.1) is 6.42 Å². The van der Waals surface area contributed by atoms with Gasteiger partial charge in [0.1, 0.15) is 6.61 Å². The number of hydrogen-bond donors (Lipinski definition) is 0. The van der Waals surface area contributed by atoms with Crippen LogP contribution in [0.25, 0.3) is 11.1 Å². The van der Waals surface area contributed by atoms with E-state index in [1.807, 2.05) is 54.6 Å². The van der Waals surface area contributed by atoms with Gasteiger partial charge in [0.05, 0.1) is 0 Å². The van der Waals surface area contributed by atoms with Gasteiger partial charge in [0.15, 0.2) is 0 Å². The Morgan fingerprint density at radius 2 is 1.87 bits per heavy atom. The first-order chi connectivity index (χ1) is 11.3. The average Bonchev–Trinajstić information content (AvgIpc) is 2.61. The third kappa shape index (κ3) is 3.59. The smallest absolute Gasteiger partial charge is 0.213 e. The molecule has 112 valence electrons. The molecule has 2 heteroatoms. The second-order valence-corrected chi connectivity index (χ2v) is 5.35. The zero-order chi connectivity index (χ0) is 16.1. The van der Waals surface area contributed by atoms with Crippen LogP contribution in [-0.4, -0.2) is 4.98 Å². The quantitative estimate of drug-likeness (QED) is 0.656. The van der Waals surface area contributed by atoms with E-state index >= 15 is 0 Å². The molecule has 0 unspecified atom stereocenters. The van der Waals surface area contributed by atoms with Crippen molar-refractivity contribution in [3.63, 3.8) is 0 Å². The van der Waals surface area contributed by atoms with E-state index in [0.29, 0.717) is 12.5 Å². The highest BCUT2D eigenvalue weighted by Gasteiger charge is 2.05. The van der Waals surface area contributed by atoms with Gasteiger partial charge in [0.25, 0.3) is 0 Å². The Labute approximate surface area is 136 Å². The maximum absolute atomic E-state index is 5.71. The van der Waals surface area contributed by atoms with E-state index in [2.05, 4.69) is 23.9 Å². The molecule has 1 aromatic heterocycles. The first kappa shape index (κ1) is 14.9. The van der Waals surface area contributed by atoms with Gasteiger partial charge in [-0.3, -0.25) is 0 Å². The van der Waals surface area contributed by atoms with Crippen LogP contribution in [0.2, 0.25) is 0 Å². The molecule has 0 aliphatic carbocycles. The maximum Gasteiger partial charge on any atom is 0.213 e. The highest BCUT2D eigenvalue weighted by Crippen LogP contribution is 2.25. The predicted octanol–water partition coefficient (Wildman–Crippen LogP) is 4.62. The molecular formula is C21H17NO. The topological polar surface area (TPSA) is 22.1 Å². The van der Waals surface area contributed by atoms with Crippen molar-refractivity contribution in [2.75, 3.05) is 0 Å². The molecule has 3 rings (SSSR count). The normalized spacial score (nSPS) is 10.1. The molecule has 0 fully saturated rings. The number of ether oxygens (including phenoxy) is 1. The summed E-state index contributed by atoms with van der Waals surface area (Å²) in [6, 6.07) is 20.0. The molecule has 0 atom stereocenters. The summed E-state index contributed by atoms with van der Waals surface area (Å²) in [5.41, 5.74) is 5.17. The van der Waals surface area contributed by atoms with Gasteiger partial charge in [0, 0.05) is 23.4 Å². The van der Waals surface area contributed by atoms with E-state index in [1.54, 1.807) is 6.20 Å². The molecule has 0 saturated carbocycles. The molecule has 1 heterocycles. The van der Waals surface area contributed by atoms with Crippen LogP contribution in [0.3, 0.4) is 0 Å². The highest BCUT2D eigenvalue weighted by molar-refractivity contribution is 5.71. The standard InChI is InChI=1S/C21H17NO/c1-3-18-10-9-16(2)13-20(18)19-11-12-21(22-14-19)23-15-17-7-5-4-6-8-17/h1,4-14H,15H2,2H3. The molecule has 0 aliphatic rings. The van der Waals surface area contributed by atoms with Crippen LogP contribution in [0.1, 0.15) is 16.7 Å². The first-order valence-electron chi connectivity index (χ1n) is 7.46. The van der Waals surface area contributed by atoms with Crippen LogP contribution < -0.4 is 4.74 Å². The van der Waals surface area contributed by atoms with Crippen LogP contribution in [0.15, 0.2) is 66.9 Å². The van der Waals surface area contributed by atoms with Crippen molar-refractivity contribution in [3.8, 4) is 29.4 Å². The molecular weight excluding hydrogens is 282 g/mol. The van der Waals surface area contributed by atoms with Gasteiger partial charge in [-0.2, -0.15) is 0 Å². The van der Waals surface area contributed by atoms with Gasteiger partial charge in [-0.05, 0) is 30.2 Å². The molecule has 0 spiro atoms. The molecule has 0 aliphatic heterocycles. The lowest BCUT2D eigenvalue weighted by Gasteiger charge is -2.08. The third-order valence-corrected chi connectivity index (χ3v) is 3.61.